The molecule has 6 nitrogen and oxygen atoms in total. The number of piperazine rings is 1. The van der Waals surface area contributed by atoms with E-state index in [1.807, 2.05) is 17.0 Å². The molecule has 1 saturated heterocycles. The predicted molar refractivity (Wildman–Crippen MR) is 106 cm³/mol. The molecular weight excluding hydrogens is 340 g/mol. The van der Waals surface area contributed by atoms with Gasteiger partial charge >= 0.3 is 6.03 Å². The number of nitrogens with zero attached hydrogens (tertiary/aromatic N) is 3. The molecule has 2 aliphatic rings. The highest BCUT2D eigenvalue weighted by atomic mass is 16.3. The quantitative estimate of drug-likeness (QED) is 0.881. The number of urea groups is 1. The molecule has 0 radical (unpaired) electrons. The molecule has 0 saturated carbocycles. The molecule has 27 heavy (non-hydrogen) atoms. The van der Waals surface area contributed by atoms with E-state index in [0.29, 0.717) is 12.6 Å². The fraction of sp³-hybridized carbons (Fsp3) is 0.476. The fourth-order valence-corrected chi connectivity index (χ4v) is 4.10. The van der Waals surface area contributed by atoms with Gasteiger partial charge in [-0.15, -0.1) is 0 Å². The summed E-state index contributed by atoms with van der Waals surface area (Å²) in [5.41, 5.74) is 2.72. The minimum atomic E-state index is 0.0489. The maximum absolute atomic E-state index is 12.5. The Morgan fingerprint density at radius 2 is 1.96 bits per heavy atom. The highest BCUT2D eigenvalue weighted by Crippen LogP contribution is 2.31. The van der Waals surface area contributed by atoms with E-state index in [1.165, 1.54) is 11.3 Å². The zero-order valence-corrected chi connectivity index (χ0v) is 15.9. The zero-order valence-electron chi connectivity index (χ0n) is 15.9. The average Bonchev–Trinajstić information content (AvgIpc) is 3.30. The van der Waals surface area contributed by atoms with E-state index in [9.17, 15) is 4.79 Å². The third-order valence-electron chi connectivity index (χ3n) is 5.60. The van der Waals surface area contributed by atoms with Crippen molar-refractivity contribution in [2.75, 3.05) is 44.2 Å². The molecule has 1 fully saturated rings. The summed E-state index contributed by atoms with van der Waals surface area (Å²) in [4.78, 5) is 19.1. The van der Waals surface area contributed by atoms with Gasteiger partial charge in [0.2, 0.25) is 0 Å². The largest absolute Gasteiger partial charge is 0.468 e. The molecule has 144 valence electrons. The number of carbonyl (C=O) groups excluding carboxylic acids is 1. The fourth-order valence-electron chi connectivity index (χ4n) is 4.10. The number of amides is 2. The van der Waals surface area contributed by atoms with Crippen LogP contribution in [0.1, 0.15) is 18.2 Å². The van der Waals surface area contributed by atoms with E-state index in [4.69, 9.17) is 4.42 Å². The zero-order chi connectivity index (χ0) is 18.6. The second-order valence-electron chi connectivity index (χ2n) is 7.45. The molecule has 0 spiro atoms. The van der Waals surface area contributed by atoms with E-state index in [0.717, 1.165) is 51.4 Å². The number of furan rings is 1. The number of carbonyl (C=O) groups is 1. The maximum Gasteiger partial charge on any atom is 0.317 e. The molecule has 2 aromatic rings. The summed E-state index contributed by atoms with van der Waals surface area (Å²) in [7, 11) is 0. The first kappa shape index (κ1) is 17.9. The van der Waals surface area contributed by atoms with Crippen LogP contribution in [0.4, 0.5) is 10.5 Å². The van der Waals surface area contributed by atoms with Crippen molar-refractivity contribution < 1.29 is 9.21 Å². The Bertz CT molecular complexity index is 753. The molecule has 1 aromatic carbocycles. The lowest BCUT2D eigenvalue weighted by atomic mass is 10.1. The molecule has 1 atom stereocenters. The van der Waals surface area contributed by atoms with Crippen molar-refractivity contribution in [1.82, 2.24) is 15.1 Å². The minimum absolute atomic E-state index is 0.0489. The van der Waals surface area contributed by atoms with Gasteiger partial charge in [-0.3, -0.25) is 4.90 Å². The van der Waals surface area contributed by atoms with Crippen LogP contribution in [0, 0.1) is 0 Å². The SMILES string of the molecule is CC1Cc2ccccc2N1CCNC(=O)N1CCN(Cc2ccco2)CC1. The molecule has 4 rings (SSSR count). The Balaban J connectivity index is 1.20. The Morgan fingerprint density at radius 1 is 1.15 bits per heavy atom. The average molecular weight is 368 g/mol. The Morgan fingerprint density at radius 3 is 2.74 bits per heavy atom. The van der Waals surface area contributed by atoms with Gasteiger partial charge in [-0.2, -0.15) is 0 Å². The number of fused-ring (bicyclic) bond motifs is 1. The lowest BCUT2D eigenvalue weighted by molar-refractivity contribution is 0.130. The Labute approximate surface area is 160 Å². The van der Waals surface area contributed by atoms with Gasteiger partial charge < -0.3 is 19.5 Å². The Kier molecular flexibility index (Phi) is 5.34. The second-order valence-corrected chi connectivity index (χ2v) is 7.45. The smallest absolute Gasteiger partial charge is 0.317 e. The van der Waals surface area contributed by atoms with Crippen molar-refractivity contribution in [3.05, 3.63) is 54.0 Å². The standard InChI is InChI=1S/C21H28N4O2/c1-17-15-18-5-2-3-7-20(18)25(17)9-8-22-21(26)24-12-10-23(11-13-24)16-19-6-4-14-27-19/h2-7,14,17H,8-13,15-16H2,1H3,(H,22,26). The number of nitrogens with one attached hydrogen (secondary N) is 1. The van der Waals surface area contributed by atoms with Crippen LogP contribution >= 0.6 is 0 Å². The van der Waals surface area contributed by atoms with Crippen LogP contribution in [-0.4, -0.2) is 61.1 Å². The summed E-state index contributed by atoms with van der Waals surface area (Å²) < 4.78 is 5.41. The van der Waals surface area contributed by atoms with Gasteiger partial charge in [-0.05, 0) is 37.1 Å². The summed E-state index contributed by atoms with van der Waals surface area (Å²) in [6, 6.07) is 13.0. The lowest BCUT2D eigenvalue weighted by Gasteiger charge is -2.34. The number of anilines is 1. The van der Waals surface area contributed by atoms with Crippen molar-refractivity contribution in [2.24, 2.45) is 0 Å². The van der Waals surface area contributed by atoms with E-state index < -0.39 is 0 Å². The number of hydrogen-bond acceptors (Lipinski definition) is 4. The first-order chi connectivity index (χ1) is 13.2. The normalized spacial score (nSPS) is 20.0. The Hall–Kier alpha value is -2.47. The number of para-hydroxylation sites is 1. The van der Waals surface area contributed by atoms with Crippen LogP contribution < -0.4 is 10.2 Å². The summed E-state index contributed by atoms with van der Waals surface area (Å²) in [5, 5.41) is 3.10. The molecule has 1 unspecified atom stereocenters. The van der Waals surface area contributed by atoms with Crippen molar-refractivity contribution >= 4 is 11.7 Å². The predicted octanol–water partition coefficient (Wildman–Crippen LogP) is 2.56. The van der Waals surface area contributed by atoms with Gasteiger partial charge in [0, 0.05) is 51.0 Å². The summed E-state index contributed by atoms with van der Waals surface area (Å²) >= 11 is 0. The molecule has 2 amide bonds. The molecule has 6 heteroatoms. The van der Waals surface area contributed by atoms with Gasteiger partial charge in [0.05, 0.1) is 12.8 Å². The van der Waals surface area contributed by atoms with Gasteiger partial charge in [0.15, 0.2) is 0 Å². The van der Waals surface area contributed by atoms with Crippen LogP contribution in [0.15, 0.2) is 47.1 Å². The summed E-state index contributed by atoms with van der Waals surface area (Å²) in [6.45, 7) is 7.86. The monoisotopic (exact) mass is 368 g/mol. The minimum Gasteiger partial charge on any atom is -0.468 e. The maximum atomic E-state index is 12.5. The highest BCUT2D eigenvalue weighted by molar-refractivity contribution is 5.74. The first-order valence-corrected chi connectivity index (χ1v) is 9.83. The number of benzene rings is 1. The van der Waals surface area contributed by atoms with Gasteiger partial charge in [0.25, 0.3) is 0 Å². The summed E-state index contributed by atoms with van der Waals surface area (Å²) in [6.07, 6.45) is 2.79. The van der Waals surface area contributed by atoms with E-state index >= 15 is 0 Å². The van der Waals surface area contributed by atoms with Crippen LogP contribution in [0.5, 0.6) is 0 Å². The number of rotatable bonds is 5. The van der Waals surface area contributed by atoms with Crippen LogP contribution in [0.2, 0.25) is 0 Å². The third kappa shape index (κ3) is 4.11. The molecule has 1 N–H and O–H groups in total. The number of hydrogen-bond donors (Lipinski definition) is 1. The van der Waals surface area contributed by atoms with E-state index in [2.05, 4.69) is 46.3 Å². The van der Waals surface area contributed by atoms with E-state index in [1.54, 1.807) is 6.26 Å². The van der Waals surface area contributed by atoms with Crippen LogP contribution in [0.3, 0.4) is 0 Å². The van der Waals surface area contributed by atoms with Gasteiger partial charge in [-0.25, -0.2) is 4.79 Å². The van der Waals surface area contributed by atoms with Crippen molar-refractivity contribution in [3.8, 4) is 0 Å². The topological polar surface area (TPSA) is 52.0 Å². The highest BCUT2D eigenvalue weighted by Gasteiger charge is 2.26. The molecular formula is C21H28N4O2. The van der Waals surface area contributed by atoms with Gasteiger partial charge in [-0.1, -0.05) is 18.2 Å². The molecule has 2 aliphatic heterocycles. The summed E-state index contributed by atoms with van der Waals surface area (Å²) in [5.74, 6) is 0.980. The molecule has 0 bridgehead atoms. The van der Waals surface area contributed by atoms with Gasteiger partial charge in [0.1, 0.15) is 5.76 Å². The third-order valence-corrected chi connectivity index (χ3v) is 5.60. The van der Waals surface area contributed by atoms with Crippen molar-refractivity contribution in [2.45, 2.75) is 25.9 Å². The van der Waals surface area contributed by atoms with Crippen LogP contribution in [0.25, 0.3) is 0 Å². The first-order valence-electron chi connectivity index (χ1n) is 9.83. The molecule has 3 heterocycles. The van der Waals surface area contributed by atoms with Crippen molar-refractivity contribution in [1.29, 1.82) is 0 Å². The lowest BCUT2D eigenvalue weighted by Crippen LogP contribution is -2.52. The molecule has 1 aromatic heterocycles. The van der Waals surface area contributed by atoms with Crippen LogP contribution in [-0.2, 0) is 13.0 Å². The molecule has 0 aliphatic carbocycles. The second kappa shape index (κ2) is 8.05. The van der Waals surface area contributed by atoms with Crippen molar-refractivity contribution in [3.63, 3.8) is 0 Å². The van der Waals surface area contributed by atoms with E-state index in [-0.39, 0.29) is 6.03 Å².